The van der Waals surface area contributed by atoms with Gasteiger partial charge in [0.25, 0.3) is 0 Å². The maximum absolute atomic E-state index is 12.3. The van der Waals surface area contributed by atoms with E-state index in [9.17, 15) is 9.59 Å². The third-order valence-corrected chi connectivity index (χ3v) is 5.42. The minimum Gasteiger partial charge on any atom is -0.444 e. The second-order valence-corrected chi connectivity index (χ2v) is 8.71. The van der Waals surface area contributed by atoms with Gasteiger partial charge in [-0.25, -0.2) is 4.79 Å². The van der Waals surface area contributed by atoms with Gasteiger partial charge in [-0.1, -0.05) is 30.3 Å². The van der Waals surface area contributed by atoms with Gasteiger partial charge in [-0.2, -0.15) is 0 Å². The van der Waals surface area contributed by atoms with Crippen molar-refractivity contribution in [1.29, 1.82) is 0 Å². The number of carbonyl (C=O) groups excluding carboxylic acids is 2. The summed E-state index contributed by atoms with van der Waals surface area (Å²) in [6.07, 6.45) is 6.78. The smallest absolute Gasteiger partial charge is 0.410 e. The Labute approximate surface area is 173 Å². The highest BCUT2D eigenvalue weighted by molar-refractivity contribution is 5.69. The standard InChI is InChI=1S/C24H30N2O3/c1-24(2,3)29-23(28)26-13-10-18(11-14-26)21(17-27)15-19-7-4-5-9-22(19)20-8-6-12-25-16-20/h4-9,12,16-18,21H,10-11,13-15H2,1-3H3. The lowest BCUT2D eigenvalue weighted by atomic mass is 9.80. The van der Waals surface area contributed by atoms with Crippen LogP contribution in [-0.4, -0.2) is 41.0 Å². The van der Waals surface area contributed by atoms with Gasteiger partial charge in [-0.05, 0) is 63.1 Å². The van der Waals surface area contributed by atoms with Gasteiger partial charge in [-0.15, -0.1) is 0 Å². The van der Waals surface area contributed by atoms with E-state index in [2.05, 4.69) is 17.1 Å². The number of carbonyl (C=O) groups is 2. The maximum atomic E-state index is 12.3. The average molecular weight is 395 g/mol. The zero-order valence-corrected chi connectivity index (χ0v) is 17.5. The minimum absolute atomic E-state index is 0.0615. The summed E-state index contributed by atoms with van der Waals surface area (Å²) < 4.78 is 5.47. The molecule has 0 radical (unpaired) electrons. The van der Waals surface area contributed by atoms with Crippen molar-refractivity contribution >= 4 is 12.4 Å². The molecule has 1 aliphatic heterocycles. The molecule has 5 heteroatoms. The molecule has 1 atom stereocenters. The molecule has 1 aromatic carbocycles. The first-order chi connectivity index (χ1) is 13.9. The van der Waals surface area contributed by atoms with Crippen molar-refractivity contribution in [2.24, 2.45) is 11.8 Å². The number of likely N-dealkylation sites (tertiary alicyclic amines) is 1. The molecule has 1 saturated heterocycles. The Morgan fingerprint density at radius 2 is 1.93 bits per heavy atom. The van der Waals surface area contributed by atoms with Crippen LogP contribution in [0.15, 0.2) is 48.8 Å². The van der Waals surface area contributed by atoms with Crippen LogP contribution in [0.1, 0.15) is 39.2 Å². The van der Waals surface area contributed by atoms with Gasteiger partial charge in [0.15, 0.2) is 0 Å². The second-order valence-electron chi connectivity index (χ2n) is 8.71. The molecule has 1 aromatic heterocycles. The predicted molar refractivity (Wildman–Crippen MR) is 113 cm³/mol. The number of hydrogen-bond donors (Lipinski definition) is 0. The zero-order chi connectivity index (χ0) is 20.9. The Kier molecular flexibility index (Phi) is 6.68. The van der Waals surface area contributed by atoms with Gasteiger partial charge < -0.3 is 14.4 Å². The topological polar surface area (TPSA) is 59.5 Å². The van der Waals surface area contributed by atoms with E-state index in [4.69, 9.17) is 4.74 Å². The van der Waals surface area contributed by atoms with Crippen LogP contribution in [0.4, 0.5) is 4.79 Å². The number of amides is 1. The summed E-state index contributed by atoms with van der Waals surface area (Å²) >= 11 is 0. The third-order valence-electron chi connectivity index (χ3n) is 5.42. The first-order valence-corrected chi connectivity index (χ1v) is 10.3. The van der Waals surface area contributed by atoms with Gasteiger partial charge >= 0.3 is 6.09 Å². The summed E-state index contributed by atoms with van der Waals surface area (Å²) in [7, 11) is 0. The van der Waals surface area contributed by atoms with Crippen molar-refractivity contribution in [3.8, 4) is 11.1 Å². The van der Waals surface area contributed by atoms with Gasteiger partial charge in [0.05, 0.1) is 0 Å². The first kappa shape index (κ1) is 21.0. The largest absolute Gasteiger partial charge is 0.444 e. The van der Waals surface area contributed by atoms with Crippen LogP contribution in [0.25, 0.3) is 11.1 Å². The number of piperidine rings is 1. The normalized spacial score (nSPS) is 16.3. The monoisotopic (exact) mass is 394 g/mol. The van der Waals surface area contributed by atoms with Crippen LogP contribution >= 0.6 is 0 Å². The molecule has 29 heavy (non-hydrogen) atoms. The Balaban J connectivity index is 1.65. The molecular formula is C24H30N2O3. The lowest BCUT2D eigenvalue weighted by molar-refractivity contribution is -0.113. The van der Waals surface area contributed by atoms with E-state index >= 15 is 0 Å². The number of rotatable bonds is 5. The fourth-order valence-corrected chi connectivity index (χ4v) is 3.92. The van der Waals surface area contributed by atoms with Gasteiger partial charge in [-0.3, -0.25) is 4.98 Å². The average Bonchev–Trinajstić information content (AvgIpc) is 2.72. The summed E-state index contributed by atoms with van der Waals surface area (Å²) in [5.74, 6) is 0.210. The lowest BCUT2D eigenvalue weighted by Crippen LogP contribution is -2.43. The first-order valence-electron chi connectivity index (χ1n) is 10.3. The Bertz CT molecular complexity index is 822. The number of aldehydes is 1. The molecule has 0 N–H and O–H groups in total. The van der Waals surface area contributed by atoms with Crippen LogP contribution in [0.5, 0.6) is 0 Å². The van der Waals surface area contributed by atoms with Crippen LogP contribution < -0.4 is 0 Å². The summed E-state index contributed by atoms with van der Waals surface area (Å²) in [6.45, 7) is 6.89. The van der Waals surface area contributed by atoms with Crippen molar-refractivity contribution in [2.75, 3.05) is 13.1 Å². The van der Waals surface area contributed by atoms with E-state index in [1.54, 1.807) is 11.1 Å². The highest BCUT2D eigenvalue weighted by Gasteiger charge is 2.31. The molecular weight excluding hydrogens is 364 g/mol. The Morgan fingerprint density at radius 1 is 1.21 bits per heavy atom. The number of hydrogen-bond acceptors (Lipinski definition) is 4. The molecule has 1 amide bonds. The summed E-state index contributed by atoms with van der Waals surface area (Å²) in [4.78, 5) is 30.2. The lowest BCUT2D eigenvalue weighted by Gasteiger charge is -2.35. The minimum atomic E-state index is -0.491. The van der Waals surface area contributed by atoms with Crippen LogP contribution in [0.2, 0.25) is 0 Å². The van der Waals surface area contributed by atoms with E-state index in [-0.39, 0.29) is 17.9 Å². The van der Waals surface area contributed by atoms with E-state index in [0.29, 0.717) is 19.5 Å². The number of nitrogens with zero attached hydrogens (tertiary/aromatic N) is 2. The zero-order valence-electron chi connectivity index (χ0n) is 17.5. The molecule has 0 spiro atoms. The molecule has 1 unspecified atom stereocenters. The van der Waals surface area contributed by atoms with Crippen molar-refractivity contribution in [1.82, 2.24) is 9.88 Å². The van der Waals surface area contributed by atoms with Crippen LogP contribution in [0.3, 0.4) is 0 Å². The predicted octanol–water partition coefficient (Wildman–Crippen LogP) is 4.75. The van der Waals surface area contributed by atoms with Crippen molar-refractivity contribution in [3.05, 3.63) is 54.4 Å². The molecule has 0 saturated carbocycles. The van der Waals surface area contributed by atoms with Gasteiger partial charge in [0.2, 0.25) is 0 Å². The van der Waals surface area contributed by atoms with E-state index < -0.39 is 5.60 Å². The summed E-state index contributed by atoms with van der Waals surface area (Å²) in [6, 6.07) is 12.2. The van der Waals surface area contributed by atoms with Gasteiger partial charge in [0, 0.05) is 37.0 Å². The molecule has 1 fully saturated rings. The third kappa shape index (κ3) is 5.66. The summed E-state index contributed by atoms with van der Waals surface area (Å²) in [5.41, 5.74) is 2.85. The molecule has 3 rings (SSSR count). The highest BCUT2D eigenvalue weighted by atomic mass is 16.6. The number of pyridine rings is 1. The van der Waals surface area contributed by atoms with Crippen molar-refractivity contribution in [2.45, 2.75) is 45.6 Å². The van der Waals surface area contributed by atoms with Crippen molar-refractivity contribution in [3.63, 3.8) is 0 Å². The Morgan fingerprint density at radius 3 is 2.55 bits per heavy atom. The molecule has 154 valence electrons. The Hall–Kier alpha value is -2.69. The van der Waals surface area contributed by atoms with E-state index in [0.717, 1.165) is 35.8 Å². The molecule has 0 bridgehead atoms. The quantitative estimate of drug-likeness (QED) is 0.687. The van der Waals surface area contributed by atoms with Crippen molar-refractivity contribution < 1.29 is 14.3 Å². The number of aromatic nitrogens is 1. The highest BCUT2D eigenvalue weighted by Crippen LogP contribution is 2.31. The van der Waals surface area contributed by atoms with Gasteiger partial charge in [0.1, 0.15) is 11.9 Å². The fourth-order valence-electron chi connectivity index (χ4n) is 3.92. The molecule has 0 aliphatic carbocycles. The SMILES string of the molecule is CC(C)(C)OC(=O)N1CCC(C(C=O)Cc2ccccc2-c2cccnc2)CC1. The molecule has 2 aromatic rings. The molecule has 2 heterocycles. The summed E-state index contributed by atoms with van der Waals surface area (Å²) in [5, 5.41) is 0. The second kappa shape index (κ2) is 9.21. The van der Waals surface area contributed by atoms with Crippen LogP contribution in [0, 0.1) is 11.8 Å². The molecule has 1 aliphatic rings. The van der Waals surface area contributed by atoms with E-state index in [1.807, 2.05) is 51.2 Å². The number of ether oxygens (including phenoxy) is 1. The van der Waals surface area contributed by atoms with Crippen LogP contribution in [-0.2, 0) is 16.0 Å². The fraction of sp³-hybridized carbons (Fsp3) is 0.458. The molecule has 5 nitrogen and oxygen atoms in total. The number of benzene rings is 1. The van der Waals surface area contributed by atoms with E-state index in [1.165, 1.54) is 0 Å². The maximum Gasteiger partial charge on any atom is 0.410 e.